The lowest BCUT2D eigenvalue weighted by molar-refractivity contribution is 0.101. The molecule has 0 radical (unpaired) electrons. The monoisotopic (exact) mass is 310 g/mol. The van der Waals surface area contributed by atoms with Crippen LogP contribution in [0.25, 0.3) is 0 Å². The molecule has 1 aromatic heterocycles. The lowest BCUT2D eigenvalue weighted by Gasteiger charge is -2.13. The SMILES string of the molecule is CC(C)n1cccc1C(=O)Nc1ccccc1S(=O)(=O)F. The van der Waals surface area contributed by atoms with Crippen LogP contribution in [0.3, 0.4) is 0 Å². The fourth-order valence-corrected chi connectivity index (χ4v) is 2.63. The minimum Gasteiger partial charge on any atom is -0.341 e. The van der Waals surface area contributed by atoms with Gasteiger partial charge in [-0.2, -0.15) is 8.42 Å². The van der Waals surface area contributed by atoms with Crippen LogP contribution in [0.1, 0.15) is 30.4 Å². The summed E-state index contributed by atoms with van der Waals surface area (Å²) >= 11 is 0. The normalized spacial score (nSPS) is 11.6. The molecule has 1 amide bonds. The van der Waals surface area contributed by atoms with E-state index >= 15 is 0 Å². The van der Waals surface area contributed by atoms with Crippen molar-refractivity contribution in [1.82, 2.24) is 4.57 Å². The van der Waals surface area contributed by atoms with Crippen molar-refractivity contribution in [3.8, 4) is 0 Å². The van der Waals surface area contributed by atoms with Gasteiger partial charge in [0.15, 0.2) is 0 Å². The van der Waals surface area contributed by atoms with Gasteiger partial charge >= 0.3 is 10.2 Å². The quantitative estimate of drug-likeness (QED) is 0.883. The van der Waals surface area contributed by atoms with Crippen molar-refractivity contribution in [3.05, 3.63) is 48.3 Å². The average Bonchev–Trinajstić information content (AvgIpc) is 2.87. The smallest absolute Gasteiger partial charge is 0.334 e. The third-order valence-corrected chi connectivity index (χ3v) is 3.85. The third kappa shape index (κ3) is 3.30. The number of halogens is 1. The standard InChI is InChI=1S/C14H15FN2O3S/c1-10(2)17-9-5-7-12(17)14(18)16-11-6-3-4-8-13(11)21(15,19)20/h3-10H,1-2H3,(H,16,18). The lowest BCUT2D eigenvalue weighted by Crippen LogP contribution is -2.18. The van der Waals surface area contributed by atoms with E-state index in [1.54, 1.807) is 22.9 Å². The molecule has 0 aliphatic carbocycles. The van der Waals surface area contributed by atoms with Crippen molar-refractivity contribution in [2.24, 2.45) is 0 Å². The number of para-hydroxylation sites is 1. The number of aromatic nitrogens is 1. The predicted octanol–water partition coefficient (Wildman–Crippen LogP) is 2.98. The molecule has 112 valence electrons. The Morgan fingerprint density at radius 1 is 1.19 bits per heavy atom. The first kappa shape index (κ1) is 15.2. The zero-order valence-corrected chi connectivity index (χ0v) is 12.4. The fraction of sp³-hybridized carbons (Fsp3) is 0.214. The number of benzene rings is 1. The van der Waals surface area contributed by atoms with Crippen molar-refractivity contribution in [2.45, 2.75) is 24.8 Å². The number of carbonyl (C=O) groups is 1. The van der Waals surface area contributed by atoms with Gasteiger partial charge in [-0.3, -0.25) is 4.79 Å². The minimum absolute atomic E-state index is 0.0703. The number of nitrogens with zero attached hydrogens (tertiary/aromatic N) is 1. The molecule has 0 atom stereocenters. The molecule has 21 heavy (non-hydrogen) atoms. The van der Waals surface area contributed by atoms with Gasteiger partial charge in [-0.25, -0.2) is 0 Å². The maximum Gasteiger partial charge on any atom is 0.334 e. The number of nitrogens with one attached hydrogen (secondary N) is 1. The number of hydrogen-bond acceptors (Lipinski definition) is 3. The molecule has 1 N–H and O–H groups in total. The van der Waals surface area contributed by atoms with E-state index in [2.05, 4.69) is 5.32 Å². The summed E-state index contributed by atoms with van der Waals surface area (Å²) < 4.78 is 37.1. The van der Waals surface area contributed by atoms with Gasteiger partial charge in [0.25, 0.3) is 5.91 Å². The average molecular weight is 310 g/mol. The molecular formula is C14H15FN2O3S. The van der Waals surface area contributed by atoms with E-state index in [0.717, 1.165) is 6.07 Å². The van der Waals surface area contributed by atoms with Crippen LogP contribution in [0.2, 0.25) is 0 Å². The van der Waals surface area contributed by atoms with Crippen molar-refractivity contribution < 1.29 is 17.1 Å². The van der Waals surface area contributed by atoms with Gasteiger partial charge in [0.05, 0.1) is 5.69 Å². The van der Waals surface area contributed by atoms with Crippen LogP contribution in [0, 0.1) is 0 Å². The van der Waals surface area contributed by atoms with E-state index in [0.29, 0.717) is 5.69 Å². The van der Waals surface area contributed by atoms with Gasteiger partial charge in [0.1, 0.15) is 10.6 Å². The molecule has 5 nitrogen and oxygen atoms in total. The van der Waals surface area contributed by atoms with Crippen LogP contribution in [-0.2, 0) is 10.2 Å². The maximum absolute atomic E-state index is 13.2. The summed E-state index contributed by atoms with van der Waals surface area (Å²) in [4.78, 5) is 11.7. The van der Waals surface area contributed by atoms with E-state index < -0.39 is 21.0 Å². The first-order chi connectivity index (χ1) is 9.80. The summed E-state index contributed by atoms with van der Waals surface area (Å²) in [5, 5.41) is 2.44. The Hall–Kier alpha value is -2.15. The second kappa shape index (κ2) is 5.69. The van der Waals surface area contributed by atoms with E-state index in [-0.39, 0.29) is 11.7 Å². The summed E-state index contributed by atoms with van der Waals surface area (Å²) in [7, 11) is -4.90. The zero-order valence-electron chi connectivity index (χ0n) is 11.6. The molecule has 2 rings (SSSR count). The van der Waals surface area contributed by atoms with Crippen molar-refractivity contribution in [1.29, 1.82) is 0 Å². The molecule has 1 heterocycles. The van der Waals surface area contributed by atoms with Gasteiger partial charge in [0.2, 0.25) is 0 Å². The molecule has 0 aliphatic rings. The molecule has 0 unspecified atom stereocenters. The fourth-order valence-electron chi connectivity index (χ4n) is 2.01. The molecule has 0 spiro atoms. The summed E-state index contributed by atoms with van der Waals surface area (Å²) in [5.74, 6) is -0.496. The van der Waals surface area contributed by atoms with Gasteiger partial charge in [-0.15, -0.1) is 3.89 Å². The topological polar surface area (TPSA) is 68.2 Å². The molecule has 0 bridgehead atoms. The Bertz CT molecular complexity index is 766. The van der Waals surface area contributed by atoms with Crippen LogP contribution in [0.15, 0.2) is 47.5 Å². The molecule has 0 fully saturated rings. The summed E-state index contributed by atoms with van der Waals surface area (Å²) in [6.45, 7) is 3.83. The van der Waals surface area contributed by atoms with Crippen molar-refractivity contribution in [2.75, 3.05) is 5.32 Å². The highest BCUT2D eigenvalue weighted by molar-refractivity contribution is 7.86. The summed E-state index contributed by atoms with van der Waals surface area (Å²) in [5.41, 5.74) is 0.289. The highest BCUT2D eigenvalue weighted by Gasteiger charge is 2.20. The van der Waals surface area contributed by atoms with Crippen LogP contribution in [0.5, 0.6) is 0 Å². The van der Waals surface area contributed by atoms with E-state index in [9.17, 15) is 17.1 Å². The molecule has 7 heteroatoms. The van der Waals surface area contributed by atoms with E-state index in [4.69, 9.17) is 0 Å². The maximum atomic E-state index is 13.2. The molecule has 2 aromatic rings. The second-order valence-corrected chi connectivity index (χ2v) is 6.10. The first-order valence-electron chi connectivity index (χ1n) is 6.32. The van der Waals surface area contributed by atoms with Gasteiger partial charge in [0, 0.05) is 12.2 Å². The first-order valence-corrected chi connectivity index (χ1v) is 7.71. The second-order valence-electron chi connectivity index (χ2n) is 4.78. The Labute approximate surface area is 122 Å². The number of carbonyl (C=O) groups excluding carboxylic acids is 1. The molecule has 0 saturated carbocycles. The van der Waals surface area contributed by atoms with Crippen molar-refractivity contribution in [3.63, 3.8) is 0 Å². The van der Waals surface area contributed by atoms with Crippen LogP contribution < -0.4 is 5.32 Å². The Morgan fingerprint density at radius 2 is 1.86 bits per heavy atom. The highest BCUT2D eigenvalue weighted by atomic mass is 32.3. The van der Waals surface area contributed by atoms with E-state index in [1.165, 1.54) is 18.2 Å². The van der Waals surface area contributed by atoms with Crippen LogP contribution >= 0.6 is 0 Å². The Balaban J connectivity index is 2.35. The predicted molar refractivity (Wildman–Crippen MR) is 77.5 cm³/mol. The highest BCUT2D eigenvalue weighted by Crippen LogP contribution is 2.23. The number of hydrogen-bond donors (Lipinski definition) is 1. The molecule has 0 aliphatic heterocycles. The Kier molecular flexibility index (Phi) is 4.13. The van der Waals surface area contributed by atoms with Gasteiger partial charge in [-0.1, -0.05) is 12.1 Å². The minimum atomic E-state index is -4.90. The number of rotatable bonds is 4. The van der Waals surface area contributed by atoms with Crippen molar-refractivity contribution >= 4 is 21.8 Å². The zero-order chi connectivity index (χ0) is 15.6. The molecule has 1 aromatic carbocycles. The van der Waals surface area contributed by atoms with Gasteiger partial charge < -0.3 is 9.88 Å². The number of amides is 1. The third-order valence-electron chi connectivity index (χ3n) is 2.97. The molecule has 0 saturated heterocycles. The summed E-state index contributed by atoms with van der Waals surface area (Å²) in [6, 6.07) is 8.75. The Morgan fingerprint density at radius 3 is 2.48 bits per heavy atom. The molecular weight excluding hydrogens is 295 g/mol. The summed E-state index contributed by atoms with van der Waals surface area (Å²) in [6.07, 6.45) is 1.75. The van der Waals surface area contributed by atoms with Gasteiger partial charge in [-0.05, 0) is 38.1 Å². The van der Waals surface area contributed by atoms with Crippen LogP contribution in [-0.4, -0.2) is 18.9 Å². The lowest BCUT2D eigenvalue weighted by atomic mass is 10.3. The number of anilines is 1. The van der Waals surface area contributed by atoms with Crippen LogP contribution in [0.4, 0.5) is 9.57 Å². The van der Waals surface area contributed by atoms with E-state index in [1.807, 2.05) is 13.8 Å². The largest absolute Gasteiger partial charge is 0.341 e.